The molecule has 3 aromatic rings. The number of hydroxylamine groups is 2. The van der Waals surface area contributed by atoms with Crippen molar-refractivity contribution in [1.82, 2.24) is 5.06 Å². The number of rotatable bonds is 6. The second kappa shape index (κ2) is 8.52. The monoisotopic (exact) mass is 463 g/mol. The molecule has 0 atom stereocenters. The van der Waals surface area contributed by atoms with Crippen molar-refractivity contribution in [2.75, 3.05) is 0 Å². The molecule has 0 saturated carbocycles. The van der Waals surface area contributed by atoms with Crippen molar-refractivity contribution in [2.45, 2.75) is 19.4 Å². The Morgan fingerprint density at radius 2 is 1.27 bits per heavy atom. The highest BCUT2D eigenvalue weighted by molar-refractivity contribution is 6.30. The molecule has 1 aliphatic rings. The van der Waals surface area contributed by atoms with Crippen LogP contribution in [0.2, 0.25) is 5.02 Å². The van der Waals surface area contributed by atoms with Crippen LogP contribution in [0.1, 0.15) is 50.5 Å². The van der Waals surface area contributed by atoms with Gasteiger partial charge in [0, 0.05) is 16.1 Å². The van der Waals surface area contributed by atoms with Crippen molar-refractivity contribution in [3.05, 3.63) is 100 Å². The fourth-order valence-corrected chi connectivity index (χ4v) is 3.35. The van der Waals surface area contributed by atoms with E-state index in [2.05, 4.69) is 0 Å². The Kier molecular flexibility index (Phi) is 5.74. The molecule has 1 aliphatic heterocycles. The quantitative estimate of drug-likeness (QED) is 0.395. The number of hydrogen-bond acceptors (Lipinski definition) is 6. The van der Waals surface area contributed by atoms with E-state index in [-0.39, 0.29) is 16.9 Å². The molecule has 7 nitrogen and oxygen atoms in total. The molecule has 8 heteroatoms. The molecule has 0 spiro atoms. The summed E-state index contributed by atoms with van der Waals surface area (Å²) in [5.41, 5.74) is -0.296. The number of fused-ring (bicyclic) bond motifs is 1. The minimum atomic E-state index is -1.53. The molecule has 2 amide bonds. The molecule has 4 rings (SSSR count). The zero-order valence-electron chi connectivity index (χ0n) is 17.7. The fraction of sp³-hybridized carbons (Fsp3) is 0.120. The fourth-order valence-electron chi connectivity index (χ4n) is 3.22. The van der Waals surface area contributed by atoms with Crippen molar-refractivity contribution in [2.24, 2.45) is 0 Å². The van der Waals surface area contributed by atoms with Gasteiger partial charge in [0.05, 0.1) is 11.1 Å². The highest BCUT2D eigenvalue weighted by Crippen LogP contribution is 2.26. The number of benzene rings is 3. The molecule has 0 N–H and O–H groups in total. The molecule has 0 bridgehead atoms. The Bertz CT molecular complexity index is 1230. The van der Waals surface area contributed by atoms with Gasteiger partial charge in [-0.3, -0.25) is 14.4 Å². The van der Waals surface area contributed by atoms with Crippen LogP contribution in [0.15, 0.2) is 72.8 Å². The number of nitrogens with zero attached hydrogens (tertiary/aromatic N) is 1. The van der Waals surface area contributed by atoms with Gasteiger partial charge in [-0.1, -0.05) is 28.8 Å². The Morgan fingerprint density at radius 1 is 0.788 bits per heavy atom. The average molecular weight is 464 g/mol. The Hall–Kier alpha value is -3.97. The summed E-state index contributed by atoms with van der Waals surface area (Å²) in [6, 6.07) is 18.9. The Morgan fingerprint density at radius 3 is 1.79 bits per heavy atom. The molecular formula is C25H18ClNO6. The summed E-state index contributed by atoms with van der Waals surface area (Å²) in [6.07, 6.45) is 0. The van der Waals surface area contributed by atoms with Crippen LogP contribution in [-0.4, -0.2) is 34.2 Å². The van der Waals surface area contributed by atoms with Crippen LogP contribution >= 0.6 is 11.6 Å². The summed E-state index contributed by atoms with van der Waals surface area (Å²) in [5.74, 6) is -2.26. The summed E-state index contributed by atoms with van der Waals surface area (Å²) in [5, 5.41) is 0.969. The van der Waals surface area contributed by atoms with Crippen LogP contribution < -0.4 is 4.74 Å². The van der Waals surface area contributed by atoms with Crippen LogP contribution in [0.3, 0.4) is 0 Å². The minimum absolute atomic E-state index is 0.162. The standard InChI is InChI=1S/C25H18ClNO6/c1-25(2,24(31)33-27-22(29)19-5-3-4-6-20(19)23(27)30)32-18-13-9-16(10-14-18)21(28)15-7-11-17(26)12-8-15/h3-14H,1-2H3. The highest BCUT2D eigenvalue weighted by Gasteiger charge is 2.42. The third-order valence-corrected chi connectivity index (χ3v) is 5.27. The average Bonchev–Trinajstić information content (AvgIpc) is 3.04. The van der Waals surface area contributed by atoms with E-state index in [0.717, 1.165) is 0 Å². The van der Waals surface area contributed by atoms with Crippen LogP contribution in [0.25, 0.3) is 0 Å². The van der Waals surface area contributed by atoms with Gasteiger partial charge < -0.3 is 9.57 Å². The summed E-state index contributed by atoms with van der Waals surface area (Å²) < 4.78 is 5.73. The van der Waals surface area contributed by atoms with E-state index < -0.39 is 23.4 Å². The van der Waals surface area contributed by atoms with Crippen LogP contribution in [-0.2, 0) is 9.63 Å². The predicted octanol–water partition coefficient (Wildman–Crippen LogP) is 4.48. The molecule has 0 fully saturated rings. The minimum Gasteiger partial charge on any atom is -0.476 e. The number of carbonyl (C=O) groups excluding carboxylic acids is 4. The van der Waals surface area contributed by atoms with Crippen molar-refractivity contribution in [1.29, 1.82) is 0 Å². The first kappa shape index (κ1) is 22.2. The summed E-state index contributed by atoms with van der Waals surface area (Å²) in [4.78, 5) is 55.2. The summed E-state index contributed by atoms with van der Waals surface area (Å²) in [6.45, 7) is 2.89. The molecule has 0 unspecified atom stereocenters. The van der Waals surface area contributed by atoms with Crippen LogP contribution in [0.5, 0.6) is 5.75 Å². The van der Waals surface area contributed by atoms with Gasteiger partial charge in [-0.2, -0.15) is 0 Å². The lowest BCUT2D eigenvalue weighted by Crippen LogP contribution is -2.45. The molecule has 0 saturated heterocycles. The molecule has 1 heterocycles. The van der Waals surface area contributed by atoms with Crippen LogP contribution in [0, 0.1) is 0 Å². The second-order valence-electron chi connectivity index (χ2n) is 7.80. The number of carbonyl (C=O) groups is 4. The van der Waals surface area contributed by atoms with Crippen LogP contribution in [0.4, 0.5) is 0 Å². The first-order valence-corrected chi connectivity index (χ1v) is 10.3. The molecule has 3 aromatic carbocycles. The molecule has 0 radical (unpaired) electrons. The van der Waals surface area contributed by atoms with Crippen molar-refractivity contribution >= 4 is 35.2 Å². The van der Waals surface area contributed by atoms with Gasteiger partial charge in [-0.15, -0.1) is 0 Å². The van der Waals surface area contributed by atoms with Gasteiger partial charge in [-0.25, -0.2) is 4.79 Å². The molecule has 0 aliphatic carbocycles. The van der Waals surface area contributed by atoms with E-state index in [4.69, 9.17) is 21.2 Å². The molecule has 0 aromatic heterocycles. The number of imide groups is 1. The maximum absolute atomic E-state index is 12.7. The van der Waals surface area contributed by atoms with Gasteiger partial charge in [0.25, 0.3) is 11.8 Å². The maximum atomic E-state index is 12.7. The lowest BCUT2D eigenvalue weighted by Gasteiger charge is -2.25. The molecule has 33 heavy (non-hydrogen) atoms. The largest absolute Gasteiger partial charge is 0.476 e. The van der Waals surface area contributed by atoms with Gasteiger partial charge in [0.1, 0.15) is 5.75 Å². The topological polar surface area (TPSA) is 90.0 Å². The van der Waals surface area contributed by atoms with Gasteiger partial charge >= 0.3 is 5.97 Å². The third kappa shape index (κ3) is 4.36. The normalized spacial score (nSPS) is 13.0. The van der Waals surface area contributed by atoms with Crippen molar-refractivity contribution in [3.63, 3.8) is 0 Å². The van der Waals surface area contributed by atoms with Gasteiger partial charge in [0.15, 0.2) is 5.78 Å². The molecule has 166 valence electrons. The lowest BCUT2D eigenvalue weighted by atomic mass is 10.0. The van der Waals surface area contributed by atoms with Gasteiger partial charge in [0.2, 0.25) is 5.60 Å². The van der Waals surface area contributed by atoms with E-state index in [1.54, 1.807) is 60.7 Å². The number of ether oxygens (including phenoxy) is 1. The van der Waals surface area contributed by atoms with E-state index in [9.17, 15) is 19.2 Å². The number of amides is 2. The zero-order chi connectivity index (χ0) is 23.8. The first-order valence-electron chi connectivity index (χ1n) is 9.97. The zero-order valence-corrected chi connectivity index (χ0v) is 18.5. The lowest BCUT2D eigenvalue weighted by molar-refractivity contribution is -0.184. The smallest absolute Gasteiger partial charge is 0.375 e. The summed E-state index contributed by atoms with van der Waals surface area (Å²) >= 11 is 5.86. The SMILES string of the molecule is CC(C)(Oc1ccc(C(=O)c2ccc(Cl)cc2)cc1)C(=O)ON1C(=O)c2ccccc2C1=O. The second-order valence-corrected chi connectivity index (χ2v) is 8.24. The number of ketones is 1. The van der Waals surface area contributed by atoms with E-state index in [0.29, 0.717) is 27.0 Å². The first-order chi connectivity index (χ1) is 15.7. The van der Waals surface area contributed by atoms with E-state index in [1.807, 2.05) is 0 Å². The van der Waals surface area contributed by atoms with Crippen molar-refractivity contribution < 1.29 is 28.8 Å². The maximum Gasteiger partial charge on any atom is 0.375 e. The molecular weight excluding hydrogens is 446 g/mol. The Balaban J connectivity index is 1.43. The van der Waals surface area contributed by atoms with E-state index in [1.165, 1.54) is 26.0 Å². The van der Waals surface area contributed by atoms with Gasteiger partial charge in [-0.05, 0) is 74.5 Å². The highest BCUT2D eigenvalue weighted by atomic mass is 35.5. The van der Waals surface area contributed by atoms with E-state index >= 15 is 0 Å². The number of halogens is 1. The third-order valence-electron chi connectivity index (χ3n) is 5.02. The van der Waals surface area contributed by atoms with Crippen molar-refractivity contribution in [3.8, 4) is 5.75 Å². The summed E-state index contributed by atoms with van der Waals surface area (Å²) in [7, 11) is 0. The Labute approximate surface area is 194 Å². The predicted molar refractivity (Wildman–Crippen MR) is 119 cm³/mol. The number of hydrogen-bond donors (Lipinski definition) is 0.